The van der Waals surface area contributed by atoms with E-state index in [1.807, 2.05) is 0 Å². The van der Waals surface area contributed by atoms with Gasteiger partial charge in [-0.25, -0.2) is 4.79 Å². The van der Waals surface area contributed by atoms with Crippen molar-refractivity contribution in [2.45, 2.75) is 13.3 Å². The SMILES string of the molecule is CCOC(=O)c1[nH]c2ccc(OC)cc2c1NC(=O)CCN1CCN(C(=O)c2ccco2)CC1. The molecule has 0 radical (unpaired) electrons. The quantitative estimate of drug-likeness (QED) is 0.488. The van der Waals surface area contributed by atoms with Crippen LogP contribution in [0.2, 0.25) is 0 Å². The number of piperazine rings is 1. The summed E-state index contributed by atoms with van der Waals surface area (Å²) in [5, 5.41) is 3.55. The maximum absolute atomic E-state index is 12.8. The number of nitrogens with one attached hydrogen (secondary N) is 2. The third kappa shape index (κ3) is 5.07. The van der Waals surface area contributed by atoms with E-state index in [0.29, 0.717) is 60.8 Å². The van der Waals surface area contributed by atoms with Crippen molar-refractivity contribution in [3.63, 3.8) is 0 Å². The van der Waals surface area contributed by atoms with Gasteiger partial charge in [-0.15, -0.1) is 0 Å². The van der Waals surface area contributed by atoms with E-state index in [0.717, 1.165) is 0 Å². The molecule has 3 heterocycles. The molecule has 10 nitrogen and oxygen atoms in total. The van der Waals surface area contributed by atoms with Crippen LogP contribution in [0.4, 0.5) is 5.69 Å². The van der Waals surface area contributed by atoms with Gasteiger partial charge in [-0.3, -0.25) is 14.5 Å². The summed E-state index contributed by atoms with van der Waals surface area (Å²) in [6.45, 7) is 4.95. The van der Waals surface area contributed by atoms with Gasteiger partial charge in [0.1, 0.15) is 11.4 Å². The van der Waals surface area contributed by atoms with Gasteiger partial charge in [-0.2, -0.15) is 0 Å². The van der Waals surface area contributed by atoms with E-state index in [9.17, 15) is 14.4 Å². The van der Waals surface area contributed by atoms with Crippen molar-refractivity contribution in [3.8, 4) is 5.75 Å². The van der Waals surface area contributed by atoms with Crippen LogP contribution in [0.15, 0.2) is 41.0 Å². The Labute approximate surface area is 196 Å². The smallest absolute Gasteiger partial charge is 0.356 e. The summed E-state index contributed by atoms with van der Waals surface area (Å²) in [6, 6.07) is 8.67. The van der Waals surface area contributed by atoms with Crippen LogP contribution >= 0.6 is 0 Å². The molecule has 1 aromatic carbocycles. The number of rotatable bonds is 8. The predicted molar refractivity (Wildman–Crippen MR) is 125 cm³/mol. The molecule has 180 valence electrons. The number of aromatic amines is 1. The predicted octanol–water partition coefficient (Wildman–Crippen LogP) is 2.73. The van der Waals surface area contributed by atoms with Crippen LogP contribution in [0.5, 0.6) is 5.75 Å². The molecule has 2 amide bonds. The Morgan fingerprint density at radius 2 is 1.94 bits per heavy atom. The van der Waals surface area contributed by atoms with Crippen LogP contribution in [0.1, 0.15) is 34.4 Å². The highest BCUT2D eigenvalue weighted by Crippen LogP contribution is 2.31. The van der Waals surface area contributed by atoms with E-state index in [-0.39, 0.29) is 30.5 Å². The minimum atomic E-state index is -0.537. The first-order valence-corrected chi connectivity index (χ1v) is 11.2. The Balaban J connectivity index is 1.37. The number of hydrogen-bond donors (Lipinski definition) is 2. The van der Waals surface area contributed by atoms with Crippen LogP contribution in [0, 0.1) is 0 Å². The zero-order valence-corrected chi connectivity index (χ0v) is 19.3. The molecule has 0 atom stereocenters. The zero-order chi connectivity index (χ0) is 24.1. The lowest BCUT2D eigenvalue weighted by Gasteiger charge is -2.34. The number of benzene rings is 1. The molecule has 0 spiro atoms. The molecule has 34 heavy (non-hydrogen) atoms. The second-order valence-corrected chi connectivity index (χ2v) is 7.92. The van der Waals surface area contributed by atoms with Gasteiger partial charge in [0.2, 0.25) is 5.91 Å². The number of methoxy groups -OCH3 is 1. The lowest BCUT2D eigenvalue weighted by Crippen LogP contribution is -2.49. The summed E-state index contributed by atoms with van der Waals surface area (Å²) in [6.07, 6.45) is 1.73. The van der Waals surface area contributed by atoms with Crippen LogP contribution in [-0.4, -0.2) is 79.0 Å². The molecule has 4 rings (SSSR count). The minimum Gasteiger partial charge on any atom is -0.497 e. The first-order valence-electron chi connectivity index (χ1n) is 11.2. The van der Waals surface area contributed by atoms with Gasteiger partial charge in [0, 0.05) is 50.0 Å². The third-order valence-corrected chi connectivity index (χ3v) is 5.80. The number of aromatic nitrogens is 1. The number of hydrogen-bond acceptors (Lipinski definition) is 7. The second kappa shape index (κ2) is 10.4. The Kier molecular flexibility index (Phi) is 7.17. The van der Waals surface area contributed by atoms with Gasteiger partial charge >= 0.3 is 5.97 Å². The van der Waals surface area contributed by atoms with E-state index >= 15 is 0 Å². The monoisotopic (exact) mass is 468 g/mol. The van der Waals surface area contributed by atoms with Crippen molar-refractivity contribution in [3.05, 3.63) is 48.0 Å². The van der Waals surface area contributed by atoms with Crippen molar-refractivity contribution in [2.24, 2.45) is 0 Å². The number of H-pyrrole nitrogens is 1. The molecule has 0 unspecified atom stereocenters. The number of carbonyl (C=O) groups is 3. The number of anilines is 1. The largest absolute Gasteiger partial charge is 0.497 e. The number of nitrogens with zero attached hydrogens (tertiary/aromatic N) is 2. The Hall–Kier alpha value is -3.79. The molecule has 2 aromatic heterocycles. The molecule has 3 aromatic rings. The molecule has 0 aliphatic carbocycles. The Morgan fingerprint density at radius 1 is 1.15 bits per heavy atom. The van der Waals surface area contributed by atoms with Crippen LogP contribution in [-0.2, 0) is 9.53 Å². The number of amides is 2. The topological polar surface area (TPSA) is 117 Å². The maximum atomic E-state index is 12.8. The average Bonchev–Trinajstić information content (AvgIpc) is 3.51. The summed E-state index contributed by atoms with van der Waals surface area (Å²) < 4.78 is 15.6. The van der Waals surface area contributed by atoms with Crippen molar-refractivity contribution in [1.82, 2.24) is 14.8 Å². The summed E-state index contributed by atoms with van der Waals surface area (Å²) in [5.41, 5.74) is 1.27. The molecule has 1 aliphatic heterocycles. The molecular weight excluding hydrogens is 440 g/mol. The second-order valence-electron chi connectivity index (χ2n) is 7.92. The Morgan fingerprint density at radius 3 is 2.62 bits per heavy atom. The maximum Gasteiger partial charge on any atom is 0.356 e. The summed E-state index contributed by atoms with van der Waals surface area (Å²) in [4.78, 5) is 44.6. The fraction of sp³-hybridized carbons (Fsp3) is 0.375. The van der Waals surface area contributed by atoms with E-state index in [4.69, 9.17) is 13.9 Å². The lowest BCUT2D eigenvalue weighted by molar-refractivity contribution is -0.116. The normalized spacial score (nSPS) is 14.2. The van der Waals surface area contributed by atoms with E-state index in [2.05, 4.69) is 15.2 Å². The number of carbonyl (C=O) groups excluding carboxylic acids is 3. The molecule has 1 saturated heterocycles. The van der Waals surface area contributed by atoms with Crippen LogP contribution in [0.3, 0.4) is 0 Å². The first-order chi connectivity index (χ1) is 16.5. The summed E-state index contributed by atoms with van der Waals surface area (Å²) >= 11 is 0. The number of furan rings is 1. The summed E-state index contributed by atoms with van der Waals surface area (Å²) in [7, 11) is 1.56. The van der Waals surface area contributed by atoms with E-state index < -0.39 is 5.97 Å². The van der Waals surface area contributed by atoms with Crippen molar-refractivity contribution in [1.29, 1.82) is 0 Å². The fourth-order valence-electron chi connectivity index (χ4n) is 3.98. The lowest BCUT2D eigenvalue weighted by atomic mass is 10.2. The van der Waals surface area contributed by atoms with Crippen LogP contribution < -0.4 is 10.1 Å². The molecule has 1 aliphatic rings. The number of ether oxygens (including phenoxy) is 2. The highest BCUT2D eigenvalue weighted by atomic mass is 16.5. The highest BCUT2D eigenvalue weighted by molar-refractivity contribution is 6.11. The summed E-state index contributed by atoms with van der Waals surface area (Å²) in [5.74, 6) is 0.0669. The molecule has 1 fully saturated rings. The number of esters is 1. The van der Waals surface area contributed by atoms with Gasteiger partial charge < -0.3 is 29.1 Å². The average molecular weight is 469 g/mol. The first kappa shape index (κ1) is 23.4. The third-order valence-electron chi connectivity index (χ3n) is 5.80. The highest BCUT2D eigenvalue weighted by Gasteiger charge is 2.25. The fourth-order valence-corrected chi connectivity index (χ4v) is 3.98. The molecular formula is C24H28N4O6. The molecule has 2 N–H and O–H groups in total. The zero-order valence-electron chi connectivity index (χ0n) is 19.3. The standard InChI is InChI=1S/C24H28N4O6/c1-3-33-24(31)22-21(17-15-16(32-2)6-7-18(17)25-22)26-20(29)8-9-27-10-12-28(13-11-27)23(30)19-5-4-14-34-19/h4-7,14-15,25H,3,8-13H2,1-2H3,(H,26,29). The van der Waals surface area contributed by atoms with Crippen LogP contribution in [0.25, 0.3) is 10.9 Å². The van der Waals surface area contributed by atoms with Gasteiger partial charge in [-0.1, -0.05) is 0 Å². The van der Waals surface area contributed by atoms with Gasteiger partial charge in [0.25, 0.3) is 5.91 Å². The van der Waals surface area contributed by atoms with E-state index in [1.165, 1.54) is 6.26 Å². The van der Waals surface area contributed by atoms with Crippen molar-refractivity contribution < 1.29 is 28.3 Å². The molecule has 0 bridgehead atoms. The Bertz CT molecular complexity index is 1160. The number of fused-ring (bicyclic) bond motifs is 1. The van der Waals surface area contributed by atoms with Gasteiger partial charge in [0.05, 0.1) is 25.7 Å². The van der Waals surface area contributed by atoms with Gasteiger partial charge in [-0.05, 0) is 37.3 Å². The van der Waals surface area contributed by atoms with Gasteiger partial charge in [0.15, 0.2) is 5.76 Å². The molecule has 0 saturated carbocycles. The minimum absolute atomic E-state index is 0.122. The van der Waals surface area contributed by atoms with Crippen molar-refractivity contribution in [2.75, 3.05) is 51.8 Å². The van der Waals surface area contributed by atoms with E-state index in [1.54, 1.807) is 49.3 Å². The van der Waals surface area contributed by atoms with Crippen molar-refractivity contribution >= 4 is 34.4 Å². The molecule has 10 heteroatoms.